The van der Waals surface area contributed by atoms with Gasteiger partial charge in [-0.05, 0) is 42.6 Å². The monoisotopic (exact) mass is 264 g/mol. The summed E-state index contributed by atoms with van der Waals surface area (Å²) in [4.78, 5) is 0. The van der Waals surface area contributed by atoms with Crippen LogP contribution in [0.1, 0.15) is 50.8 Å². The molecule has 1 aromatic heterocycles. The van der Waals surface area contributed by atoms with Crippen LogP contribution in [0.5, 0.6) is 0 Å². The zero-order chi connectivity index (χ0) is 13.8. The summed E-state index contributed by atoms with van der Waals surface area (Å²) in [5.41, 5.74) is 2.13. The molecule has 0 saturated heterocycles. The first-order chi connectivity index (χ1) is 8.86. The van der Waals surface area contributed by atoms with Crippen LogP contribution in [-0.4, -0.2) is 17.8 Å². The lowest BCUT2D eigenvalue weighted by atomic mass is 9.78. The molecular formula is C16H24O3. The van der Waals surface area contributed by atoms with Gasteiger partial charge in [0, 0.05) is 19.1 Å². The molecule has 3 heteroatoms. The van der Waals surface area contributed by atoms with Gasteiger partial charge in [-0.25, -0.2) is 0 Å². The maximum Gasteiger partial charge on any atom is 0.0963 e. The third-order valence-corrected chi connectivity index (χ3v) is 5.37. The summed E-state index contributed by atoms with van der Waals surface area (Å²) in [7, 11) is 1.79. The number of rotatable bonds is 1. The van der Waals surface area contributed by atoms with Gasteiger partial charge in [-0.2, -0.15) is 0 Å². The summed E-state index contributed by atoms with van der Waals surface area (Å²) < 4.78 is 11.2. The predicted octanol–water partition coefficient (Wildman–Crippen LogP) is 3.33. The summed E-state index contributed by atoms with van der Waals surface area (Å²) in [6, 6.07) is 0. The van der Waals surface area contributed by atoms with Crippen molar-refractivity contribution < 1.29 is 14.3 Å². The van der Waals surface area contributed by atoms with E-state index in [1.165, 1.54) is 0 Å². The Labute approximate surface area is 115 Å². The number of ether oxygens (including phenoxy) is 1. The molecule has 0 aromatic carbocycles. The van der Waals surface area contributed by atoms with E-state index in [4.69, 9.17) is 9.15 Å². The van der Waals surface area contributed by atoms with Crippen molar-refractivity contribution in [2.75, 3.05) is 7.11 Å². The minimum atomic E-state index is -0.419. The first-order valence-electron chi connectivity index (χ1n) is 7.14. The smallest absolute Gasteiger partial charge is 0.0963 e. The van der Waals surface area contributed by atoms with Crippen LogP contribution in [0.15, 0.2) is 16.9 Å². The number of furan rings is 1. The summed E-state index contributed by atoms with van der Waals surface area (Å²) in [5, 5.41) is 10.7. The molecule has 0 spiro atoms. The topological polar surface area (TPSA) is 42.6 Å². The highest BCUT2D eigenvalue weighted by Crippen LogP contribution is 2.56. The van der Waals surface area contributed by atoms with Crippen molar-refractivity contribution in [3.63, 3.8) is 0 Å². The number of fused-ring (bicyclic) bond motifs is 2. The fraction of sp³-hybridized carbons (Fsp3) is 0.750. The Morgan fingerprint density at radius 1 is 1.26 bits per heavy atom. The number of hydrogen-bond acceptors (Lipinski definition) is 3. The highest BCUT2D eigenvalue weighted by molar-refractivity contribution is 5.29. The van der Waals surface area contributed by atoms with Gasteiger partial charge < -0.3 is 14.3 Å². The van der Waals surface area contributed by atoms with Crippen LogP contribution in [0.2, 0.25) is 0 Å². The fourth-order valence-electron chi connectivity index (χ4n) is 4.31. The van der Waals surface area contributed by atoms with Crippen molar-refractivity contribution >= 4 is 0 Å². The van der Waals surface area contributed by atoms with E-state index in [2.05, 4.69) is 20.8 Å². The van der Waals surface area contributed by atoms with Crippen LogP contribution in [0, 0.1) is 17.3 Å². The highest BCUT2D eigenvalue weighted by Gasteiger charge is 2.53. The first-order valence-corrected chi connectivity index (χ1v) is 7.14. The lowest BCUT2D eigenvalue weighted by Crippen LogP contribution is -2.40. The van der Waals surface area contributed by atoms with E-state index >= 15 is 0 Å². The molecule has 4 unspecified atom stereocenters. The van der Waals surface area contributed by atoms with E-state index in [1.54, 1.807) is 19.6 Å². The van der Waals surface area contributed by atoms with Crippen LogP contribution in [0.25, 0.3) is 0 Å². The molecule has 19 heavy (non-hydrogen) atoms. The summed E-state index contributed by atoms with van der Waals surface area (Å²) in [6.07, 6.45) is 6.04. The van der Waals surface area contributed by atoms with Gasteiger partial charge in [-0.15, -0.1) is 0 Å². The molecule has 1 N–H and O–H groups in total. The van der Waals surface area contributed by atoms with Gasteiger partial charge in [0.2, 0.25) is 0 Å². The molecule has 0 radical (unpaired) electrons. The van der Waals surface area contributed by atoms with Gasteiger partial charge in [-0.3, -0.25) is 0 Å². The molecule has 3 nitrogen and oxygen atoms in total. The molecule has 0 bridgehead atoms. The van der Waals surface area contributed by atoms with E-state index in [0.717, 1.165) is 30.4 Å². The average molecular weight is 264 g/mol. The highest BCUT2D eigenvalue weighted by atomic mass is 16.5. The molecule has 1 aromatic rings. The summed E-state index contributed by atoms with van der Waals surface area (Å²) in [6.45, 7) is 6.77. The molecule has 3 rings (SSSR count). The van der Waals surface area contributed by atoms with Crippen LogP contribution in [0.4, 0.5) is 0 Å². The quantitative estimate of drug-likeness (QED) is 0.846. The zero-order valence-corrected chi connectivity index (χ0v) is 12.3. The van der Waals surface area contributed by atoms with Crippen LogP contribution >= 0.6 is 0 Å². The SMILES string of the molecule is COC1(C)Cc2cocc2C(O)C2CC(C)(C)CC21. The Balaban J connectivity index is 2.07. The standard InChI is InChI=1S/C16H24O3/c1-15(2)6-11-13(7-15)16(3,18-4)5-10-8-19-9-12(10)14(11)17/h8-9,11,13-14,17H,5-7H2,1-4H3. The fourth-order valence-corrected chi connectivity index (χ4v) is 4.31. The predicted molar refractivity (Wildman–Crippen MR) is 72.8 cm³/mol. The van der Waals surface area contributed by atoms with Crippen molar-refractivity contribution in [2.45, 2.75) is 51.7 Å². The Morgan fingerprint density at radius 2 is 2.00 bits per heavy atom. The third-order valence-electron chi connectivity index (χ3n) is 5.37. The van der Waals surface area contributed by atoms with E-state index < -0.39 is 6.10 Å². The minimum absolute atomic E-state index is 0.214. The summed E-state index contributed by atoms with van der Waals surface area (Å²) >= 11 is 0. The molecule has 2 aliphatic rings. The van der Waals surface area contributed by atoms with Crippen molar-refractivity contribution in [1.82, 2.24) is 0 Å². The number of aliphatic hydroxyl groups is 1. The number of aliphatic hydroxyl groups excluding tert-OH is 1. The second kappa shape index (κ2) is 4.10. The lowest BCUT2D eigenvalue weighted by Gasteiger charge is -2.37. The summed E-state index contributed by atoms with van der Waals surface area (Å²) in [5.74, 6) is 0.661. The zero-order valence-electron chi connectivity index (χ0n) is 12.3. The first kappa shape index (κ1) is 13.2. The van der Waals surface area contributed by atoms with Crippen LogP contribution in [-0.2, 0) is 11.2 Å². The lowest BCUT2D eigenvalue weighted by molar-refractivity contribution is -0.0703. The van der Waals surface area contributed by atoms with Crippen LogP contribution < -0.4 is 0 Å². The molecular weight excluding hydrogens is 240 g/mol. The molecule has 106 valence electrons. The van der Waals surface area contributed by atoms with E-state index in [1.807, 2.05) is 0 Å². The Morgan fingerprint density at radius 3 is 2.68 bits per heavy atom. The van der Waals surface area contributed by atoms with E-state index in [-0.39, 0.29) is 16.9 Å². The molecule has 0 aliphatic heterocycles. The van der Waals surface area contributed by atoms with Crippen molar-refractivity contribution in [2.24, 2.45) is 17.3 Å². The van der Waals surface area contributed by atoms with Gasteiger partial charge in [0.25, 0.3) is 0 Å². The van der Waals surface area contributed by atoms with Gasteiger partial charge in [0.05, 0.1) is 24.2 Å². The number of hydrogen-bond donors (Lipinski definition) is 1. The maximum absolute atomic E-state index is 10.7. The van der Waals surface area contributed by atoms with E-state index in [0.29, 0.717) is 5.92 Å². The van der Waals surface area contributed by atoms with Crippen LogP contribution in [0.3, 0.4) is 0 Å². The molecule has 1 saturated carbocycles. The van der Waals surface area contributed by atoms with Crippen molar-refractivity contribution in [3.05, 3.63) is 23.7 Å². The molecule has 2 aliphatic carbocycles. The Kier molecular flexibility index (Phi) is 2.84. The molecule has 4 atom stereocenters. The maximum atomic E-state index is 10.7. The van der Waals surface area contributed by atoms with E-state index in [9.17, 15) is 5.11 Å². The minimum Gasteiger partial charge on any atom is -0.472 e. The van der Waals surface area contributed by atoms with Gasteiger partial charge in [0.1, 0.15) is 0 Å². The largest absolute Gasteiger partial charge is 0.472 e. The third kappa shape index (κ3) is 1.95. The Bertz CT molecular complexity index is 476. The van der Waals surface area contributed by atoms with Crippen molar-refractivity contribution in [1.29, 1.82) is 0 Å². The molecule has 1 fully saturated rings. The molecule has 0 amide bonds. The Hall–Kier alpha value is -0.800. The van der Waals surface area contributed by atoms with Gasteiger partial charge in [0.15, 0.2) is 0 Å². The van der Waals surface area contributed by atoms with Gasteiger partial charge >= 0.3 is 0 Å². The average Bonchev–Trinajstić information content (AvgIpc) is 2.90. The second-order valence-corrected chi connectivity index (χ2v) is 7.33. The molecule has 1 heterocycles. The normalized spacial score (nSPS) is 40.6. The van der Waals surface area contributed by atoms with Gasteiger partial charge in [-0.1, -0.05) is 13.8 Å². The van der Waals surface area contributed by atoms with Crippen molar-refractivity contribution in [3.8, 4) is 0 Å². The second-order valence-electron chi connectivity index (χ2n) is 7.33. The number of methoxy groups -OCH3 is 1.